The van der Waals surface area contributed by atoms with Crippen LogP contribution in [0.4, 0.5) is 0 Å². The number of carbonyl (C=O) groups is 3. The van der Waals surface area contributed by atoms with Gasteiger partial charge in [0.05, 0.1) is 12.9 Å². The molecule has 1 aliphatic rings. The number of imidazole rings is 1. The van der Waals surface area contributed by atoms with Crippen LogP contribution < -0.4 is 10.1 Å². The third-order valence-electron chi connectivity index (χ3n) is 3.75. The third kappa shape index (κ3) is 5.07. The Hall–Kier alpha value is -3.36. The lowest BCUT2D eigenvalue weighted by Crippen LogP contribution is -2.42. The van der Waals surface area contributed by atoms with Crippen molar-refractivity contribution in [3.8, 4) is 5.75 Å². The van der Waals surface area contributed by atoms with E-state index in [1.165, 1.54) is 6.33 Å². The van der Waals surface area contributed by atoms with Crippen LogP contribution in [-0.2, 0) is 22.4 Å². The first kappa shape index (κ1) is 19.0. The van der Waals surface area contributed by atoms with Gasteiger partial charge in [-0.2, -0.15) is 0 Å². The number of amides is 1. The minimum Gasteiger partial charge on any atom is -0.493 e. The summed E-state index contributed by atoms with van der Waals surface area (Å²) in [6, 6.07) is 4.15. The molecule has 26 heavy (non-hydrogen) atoms. The fourth-order valence-electron chi connectivity index (χ4n) is 2.56. The quantitative estimate of drug-likeness (QED) is 0.579. The van der Waals surface area contributed by atoms with Gasteiger partial charge in [0.25, 0.3) is 12.4 Å². The molecule has 0 fully saturated rings. The number of rotatable bonds is 5. The zero-order valence-electron chi connectivity index (χ0n) is 13.8. The Balaban J connectivity index is 0.000000758. The van der Waals surface area contributed by atoms with Crippen molar-refractivity contribution in [1.29, 1.82) is 0 Å². The molecule has 2 aromatic rings. The number of benzene rings is 1. The molecule has 0 aliphatic carbocycles. The molecule has 3 rings (SSSR count). The Kier molecular flexibility index (Phi) is 6.72. The van der Waals surface area contributed by atoms with Crippen molar-refractivity contribution in [2.75, 3.05) is 6.61 Å². The zero-order chi connectivity index (χ0) is 18.9. The first-order chi connectivity index (χ1) is 12.5. The maximum atomic E-state index is 12.3. The van der Waals surface area contributed by atoms with E-state index in [4.69, 9.17) is 14.6 Å². The maximum Gasteiger partial charge on any atom is 0.326 e. The minimum atomic E-state index is -1.09. The van der Waals surface area contributed by atoms with Crippen LogP contribution in [0.1, 0.15) is 28.0 Å². The molecule has 0 radical (unpaired) electrons. The molecule has 1 aromatic heterocycles. The largest absolute Gasteiger partial charge is 0.493 e. The van der Waals surface area contributed by atoms with Gasteiger partial charge in [0, 0.05) is 23.9 Å². The highest BCUT2D eigenvalue weighted by atomic mass is 16.5. The Morgan fingerprint density at radius 2 is 2.19 bits per heavy atom. The lowest BCUT2D eigenvalue weighted by atomic mass is 10.0. The number of nitrogens with zero attached hydrogens (tertiary/aromatic N) is 1. The molecule has 0 bridgehead atoms. The van der Waals surface area contributed by atoms with Crippen molar-refractivity contribution in [2.24, 2.45) is 0 Å². The van der Waals surface area contributed by atoms with E-state index in [-0.39, 0.29) is 12.9 Å². The molecule has 1 atom stereocenters. The van der Waals surface area contributed by atoms with E-state index in [0.717, 1.165) is 24.2 Å². The Labute approximate surface area is 149 Å². The standard InChI is InChI=1S/C16H17N3O4.CH2O2/c20-15(11-3-4-14-10(6-11)2-1-5-23-14)19-13(16(21)22)7-12-8-17-9-18-12;2-1-3/h3-4,6,8-9,13H,1-2,5,7H2,(H,17,18)(H,19,20)(H,21,22);1H,(H,2,3)/t13-;/m0./s1. The molecular weight excluding hydrogens is 342 g/mol. The second kappa shape index (κ2) is 9.21. The summed E-state index contributed by atoms with van der Waals surface area (Å²) < 4.78 is 5.51. The number of aryl methyl sites for hydroxylation is 1. The van der Waals surface area contributed by atoms with Gasteiger partial charge in [0.1, 0.15) is 11.8 Å². The third-order valence-corrected chi connectivity index (χ3v) is 3.75. The number of carboxylic acids is 1. The number of carboxylic acid groups (broad SMARTS) is 2. The number of aromatic nitrogens is 2. The first-order valence-corrected chi connectivity index (χ1v) is 7.89. The highest BCUT2D eigenvalue weighted by molar-refractivity contribution is 5.97. The van der Waals surface area contributed by atoms with Crippen molar-refractivity contribution >= 4 is 18.3 Å². The normalized spacial score (nSPS) is 13.2. The fourth-order valence-corrected chi connectivity index (χ4v) is 2.56. The van der Waals surface area contributed by atoms with Crippen LogP contribution in [0.5, 0.6) is 5.75 Å². The van der Waals surface area contributed by atoms with Crippen LogP contribution in [0.25, 0.3) is 0 Å². The number of hydrogen-bond acceptors (Lipinski definition) is 5. The lowest BCUT2D eigenvalue weighted by molar-refractivity contribution is -0.139. The number of aromatic amines is 1. The van der Waals surface area contributed by atoms with Gasteiger partial charge in [-0.3, -0.25) is 9.59 Å². The molecule has 0 saturated heterocycles. The summed E-state index contributed by atoms with van der Waals surface area (Å²) in [4.78, 5) is 38.7. The number of ether oxygens (including phenoxy) is 1. The SMILES string of the molecule is O=C(N[C@@H](Cc1cnc[nH]1)C(=O)O)c1ccc2c(c1)CCCO2.O=CO. The van der Waals surface area contributed by atoms with E-state index in [9.17, 15) is 14.7 Å². The molecule has 9 nitrogen and oxygen atoms in total. The molecular formula is C17H19N3O6. The van der Waals surface area contributed by atoms with Crippen molar-refractivity contribution in [3.63, 3.8) is 0 Å². The summed E-state index contributed by atoms with van der Waals surface area (Å²) in [5, 5.41) is 18.7. The molecule has 1 amide bonds. The van der Waals surface area contributed by atoms with E-state index in [1.807, 2.05) is 0 Å². The maximum absolute atomic E-state index is 12.3. The zero-order valence-corrected chi connectivity index (χ0v) is 13.8. The van der Waals surface area contributed by atoms with Crippen molar-refractivity contribution in [3.05, 3.63) is 47.5 Å². The average molecular weight is 361 g/mol. The highest BCUT2D eigenvalue weighted by Crippen LogP contribution is 2.25. The van der Waals surface area contributed by atoms with Gasteiger partial charge in [-0.15, -0.1) is 0 Å². The second-order valence-corrected chi connectivity index (χ2v) is 5.53. The van der Waals surface area contributed by atoms with Gasteiger partial charge in [-0.25, -0.2) is 9.78 Å². The molecule has 0 spiro atoms. The van der Waals surface area contributed by atoms with E-state index in [0.29, 0.717) is 17.9 Å². The summed E-state index contributed by atoms with van der Waals surface area (Å²) >= 11 is 0. The summed E-state index contributed by atoms with van der Waals surface area (Å²) in [5.41, 5.74) is 2.06. The highest BCUT2D eigenvalue weighted by Gasteiger charge is 2.22. The fraction of sp³-hybridized carbons (Fsp3) is 0.294. The molecule has 9 heteroatoms. The molecule has 138 valence electrons. The predicted octanol–water partition coefficient (Wildman–Crippen LogP) is 0.861. The smallest absolute Gasteiger partial charge is 0.326 e. The number of nitrogens with one attached hydrogen (secondary N) is 2. The molecule has 2 heterocycles. The molecule has 0 unspecified atom stereocenters. The molecule has 0 saturated carbocycles. The molecule has 1 aliphatic heterocycles. The lowest BCUT2D eigenvalue weighted by Gasteiger charge is -2.18. The first-order valence-electron chi connectivity index (χ1n) is 7.89. The number of aliphatic carboxylic acids is 1. The van der Waals surface area contributed by atoms with E-state index in [2.05, 4.69) is 15.3 Å². The van der Waals surface area contributed by atoms with Gasteiger partial charge in [-0.1, -0.05) is 0 Å². The van der Waals surface area contributed by atoms with Crippen LogP contribution in [-0.4, -0.2) is 51.2 Å². The molecule has 4 N–H and O–H groups in total. The number of carbonyl (C=O) groups excluding carboxylic acids is 1. The topological polar surface area (TPSA) is 142 Å². The van der Waals surface area contributed by atoms with Gasteiger partial charge in [-0.05, 0) is 36.6 Å². The molecule has 1 aromatic carbocycles. The van der Waals surface area contributed by atoms with Crippen molar-refractivity contribution < 1.29 is 29.3 Å². The number of fused-ring (bicyclic) bond motifs is 1. The Morgan fingerprint density at radius 1 is 1.42 bits per heavy atom. The van der Waals surface area contributed by atoms with E-state index >= 15 is 0 Å². The van der Waals surface area contributed by atoms with Crippen LogP contribution in [0, 0.1) is 0 Å². The Bertz CT molecular complexity index is 760. The van der Waals surface area contributed by atoms with Crippen LogP contribution >= 0.6 is 0 Å². The second-order valence-electron chi connectivity index (χ2n) is 5.53. The average Bonchev–Trinajstić information content (AvgIpc) is 3.14. The monoisotopic (exact) mass is 361 g/mol. The predicted molar refractivity (Wildman–Crippen MR) is 90.1 cm³/mol. The van der Waals surface area contributed by atoms with Crippen LogP contribution in [0.2, 0.25) is 0 Å². The van der Waals surface area contributed by atoms with Gasteiger partial charge in [0.15, 0.2) is 0 Å². The van der Waals surface area contributed by atoms with Crippen LogP contribution in [0.15, 0.2) is 30.7 Å². The summed E-state index contributed by atoms with van der Waals surface area (Å²) in [6.07, 6.45) is 4.93. The summed E-state index contributed by atoms with van der Waals surface area (Å²) in [7, 11) is 0. The summed E-state index contributed by atoms with van der Waals surface area (Å²) in [6.45, 7) is 0.434. The van der Waals surface area contributed by atoms with Gasteiger partial charge >= 0.3 is 5.97 Å². The van der Waals surface area contributed by atoms with Crippen LogP contribution in [0.3, 0.4) is 0 Å². The number of H-pyrrole nitrogens is 1. The Morgan fingerprint density at radius 3 is 2.85 bits per heavy atom. The summed E-state index contributed by atoms with van der Waals surface area (Å²) in [5.74, 6) is -0.709. The van der Waals surface area contributed by atoms with Gasteiger partial charge in [0.2, 0.25) is 0 Å². The van der Waals surface area contributed by atoms with E-state index in [1.54, 1.807) is 24.4 Å². The van der Waals surface area contributed by atoms with Crippen molar-refractivity contribution in [2.45, 2.75) is 25.3 Å². The van der Waals surface area contributed by atoms with Gasteiger partial charge < -0.3 is 25.3 Å². The van der Waals surface area contributed by atoms with E-state index < -0.39 is 17.9 Å². The minimum absolute atomic E-state index is 0.148. The van der Waals surface area contributed by atoms with Crippen molar-refractivity contribution in [1.82, 2.24) is 15.3 Å². The number of hydrogen-bond donors (Lipinski definition) is 4.